The average molecular weight is 243 g/mol. The monoisotopic (exact) mass is 242 g/mol. The molecule has 0 amide bonds. The van der Waals surface area contributed by atoms with Gasteiger partial charge in [0.1, 0.15) is 0 Å². The minimum atomic E-state index is -1.55. The maximum absolute atomic E-state index is 13.2. The van der Waals surface area contributed by atoms with Gasteiger partial charge in [-0.25, -0.2) is 13.2 Å². The van der Waals surface area contributed by atoms with Crippen LogP contribution in [0.1, 0.15) is 0 Å². The fraction of sp³-hybridized carbons (Fsp3) is 0. The fourth-order valence-electron chi connectivity index (χ4n) is 1.40. The highest BCUT2D eigenvalue weighted by Crippen LogP contribution is 2.32. The van der Waals surface area contributed by atoms with Gasteiger partial charge in [-0.15, -0.1) is 0 Å². The van der Waals surface area contributed by atoms with Gasteiger partial charge in [0.15, 0.2) is 17.5 Å². The molecule has 0 unspecified atom stereocenters. The Kier molecular flexibility index (Phi) is 2.88. The van der Waals surface area contributed by atoms with E-state index in [9.17, 15) is 13.2 Å². The van der Waals surface area contributed by atoms with E-state index in [0.29, 0.717) is 5.56 Å². The van der Waals surface area contributed by atoms with Crippen LogP contribution in [0.4, 0.5) is 13.2 Å². The molecule has 4 heteroatoms. The Morgan fingerprint density at radius 3 is 2.12 bits per heavy atom. The van der Waals surface area contributed by atoms with Gasteiger partial charge >= 0.3 is 0 Å². The highest BCUT2D eigenvalue weighted by atomic mass is 35.5. The maximum atomic E-state index is 13.2. The second kappa shape index (κ2) is 4.18. The van der Waals surface area contributed by atoms with Gasteiger partial charge in [-0.1, -0.05) is 41.9 Å². The summed E-state index contributed by atoms with van der Waals surface area (Å²) in [7, 11) is 0. The van der Waals surface area contributed by atoms with Crippen molar-refractivity contribution in [2.24, 2.45) is 0 Å². The van der Waals surface area contributed by atoms with Crippen LogP contribution in [0.15, 0.2) is 36.4 Å². The molecule has 0 fully saturated rings. The van der Waals surface area contributed by atoms with E-state index >= 15 is 0 Å². The van der Waals surface area contributed by atoms with Gasteiger partial charge in [0, 0.05) is 5.56 Å². The quantitative estimate of drug-likeness (QED) is 0.513. The standard InChI is InChI=1S/C12H6ClF3/c13-10-8(7-4-2-1-3-5-7)6-9(14)11(15)12(10)16/h1-6H. The van der Waals surface area contributed by atoms with Crippen molar-refractivity contribution in [2.45, 2.75) is 0 Å². The predicted octanol–water partition coefficient (Wildman–Crippen LogP) is 4.42. The Bertz CT molecular complexity index is 524. The molecule has 0 atom stereocenters. The summed E-state index contributed by atoms with van der Waals surface area (Å²) >= 11 is 5.62. The second-order valence-electron chi connectivity index (χ2n) is 3.21. The van der Waals surface area contributed by atoms with Crippen LogP contribution in [0.5, 0.6) is 0 Å². The van der Waals surface area contributed by atoms with E-state index in [4.69, 9.17) is 11.6 Å². The molecule has 0 N–H and O–H groups in total. The van der Waals surface area contributed by atoms with E-state index in [-0.39, 0.29) is 5.56 Å². The Balaban J connectivity index is 2.68. The Labute approximate surface area is 95.3 Å². The molecule has 2 aromatic carbocycles. The van der Waals surface area contributed by atoms with Crippen LogP contribution in [-0.2, 0) is 0 Å². The first kappa shape index (κ1) is 11.0. The number of benzene rings is 2. The normalized spacial score (nSPS) is 10.5. The first-order valence-electron chi connectivity index (χ1n) is 4.49. The molecule has 0 heterocycles. The van der Waals surface area contributed by atoms with Gasteiger partial charge in [0.25, 0.3) is 0 Å². The molecule has 2 rings (SSSR count). The SMILES string of the molecule is Fc1cc(-c2ccccc2)c(Cl)c(F)c1F. The van der Waals surface area contributed by atoms with Crippen LogP contribution < -0.4 is 0 Å². The summed E-state index contributed by atoms with van der Waals surface area (Å²) in [5.74, 6) is -4.16. The first-order valence-corrected chi connectivity index (χ1v) is 4.87. The topological polar surface area (TPSA) is 0 Å². The molecule has 0 saturated heterocycles. The van der Waals surface area contributed by atoms with Crippen LogP contribution in [0.2, 0.25) is 5.02 Å². The number of rotatable bonds is 1. The minimum Gasteiger partial charge on any atom is -0.204 e. The minimum absolute atomic E-state index is 0.138. The van der Waals surface area contributed by atoms with E-state index < -0.39 is 22.5 Å². The summed E-state index contributed by atoms with van der Waals surface area (Å²) in [6, 6.07) is 9.31. The van der Waals surface area contributed by atoms with E-state index in [2.05, 4.69) is 0 Å². The molecule has 0 radical (unpaired) electrons. The third-order valence-electron chi connectivity index (χ3n) is 2.19. The van der Waals surface area contributed by atoms with Gasteiger partial charge in [-0.05, 0) is 11.6 Å². The largest absolute Gasteiger partial charge is 0.204 e. The summed E-state index contributed by atoms with van der Waals surface area (Å²) in [5, 5.41) is -0.412. The Hall–Kier alpha value is -1.48. The van der Waals surface area contributed by atoms with Gasteiger partial charge in [0.2, 0.25) is 0 Å². The summed E-state index contributed by atoms with van der Waals surface area (Å²) in [4.78, 5) is 0. The molecule has 0 aliphatic carbocycles. The summed E-state index contributed by atoms with van der Waals surface area (Å²) in [6.07, 6.45) is 0. The Morgan fingerprint density at radius 2 is 1.50 bits per heavy atom. The van der Waals surface area contributed by atoms with Crippen LogP contribution >= 0.6 is 11.6 Å². The van der Waals surface area contributed by atoms with E-state index in [0.717, 1.165) is 6.07 Å². The van der Waals surface area contributed by atoms with E-state index in [1.165, 1.54) is 0 Å². The van der Waals surface area contributed by atoms with Crippen LogP contribution in [0, 0.1) is 17.5 Å². The smallest absolute Gasteiger partial charge is 0.195 e. The summed E-state index contributed by atoms with van der Waals surface area (Å²) < 4.78 is 39.1. The molecule has 0 aliphatic heterocycles. The molecule has 0 aromatic heterocycles. The van der Waals surface area contributed by atoms with Crippen molar-refractivity contribution < 1.29 is 13.2 Å². The number of hydrogen-bond acceptors (Lipinski definition) is 0. The third kappa shape index (κ3) is 1.78. The maximum Gasteiger partial charge on any atom is 0.195 e. The van der Waals surface area contributed by atoms with Crippen molar-refractivity contribution >= 4 is 11.6 Å². The molecule has 0 spiro atoms. The molecule has 2 aromatic rings. The lowest BCUT2D eigenvalue weighted by Gasteiger charge is -2.06. The summed E-state index contributed by atoms with van der Waals surface area (Å²) in [5.41, 5.74) is 0.670. The van der Waals surface area contributed by atoms with Crippen molar-refractivity contribution in [3.63, 3.8) is 0 Å². The molecule has 0 nitrogen and oxygen atoms in total. The lowest BCUT2D eigenvalue weighted by Crippen LogP contribution is -1.94. The van der Waals surface area contributed by atoms with Gasteiger partial charge in [-0.2, -0.15) is 0 Å². The van der Waals surface area contributed by atoms with Crippen molar-refractivity contribution in [3.8, 4) is 11.1 Å². The first-order chi connectivity index (χ1) is 7.61. The Morgan fingerprint density at radius 1 is 0.875 bits per heavy atom. The van der Waals surface area contributed by atoms with E-state index in [1.807, 2.05) is 0 Å². The second-order valence-corrected chi connectivity index (χ2v) is 3.59. The predicted molar refractivity (Wildman–Crippen MR) is 56.8 cm³/mol. The van der Waals surface area contributed by atoms with Gasteiger partial charge < -0.3 is 0 Å². The number of halogens is 4. The lowest BCUT2D eigenvalue weighted by molar-refractivity contribution is 0.448. The van der Waals surface area contributed by atoms with Crippen molar-refractivity contribution in [2.75, 3.05) is 0 Å². The van der Waals surface area contributed by atoms with Crippen LogP contribution in [0.3, 0.4) is 0 Å². The molecule has 0 saturated carbocycles. The van der Waals surface area contributed by atoms with Crippen molar-refractivity contribution in [1.29, 1.82) is 0 Å². The lowest BCUT2D eigenvalue weighted by atomic mass is 10.1. The third-order valence-corrected chi connectivity index (χ3v) is 2.56. The zero-order valence-electron chi connectivity index (χ0n) is 7.98. The van der Waals surface area contributed by atoms with Crippen LogP contribution in [0.25, 0.3) is 11.1 Å². The van der Waals surface area contributed by atoms with Gasteiger partial charge in [0.05, 0.1) is 5.02 Å². The molecule has 0 bridgehead atoms. The fourth-order valence-corrected chi connectivity index (χ4v) is 1.65. The zero-order chi connectivity index (χ0) is 11.7. The highest BCUT2D eigenvalue weighted by molar-refractivity contribution is 6.33. The van der Waals surface area contributed by atoms with E-state index in [1.54, 1.807) is 30.3 Å². The molecular weight excluding hydrogens is 237 g/mol. The van der Waals surface area contributed by atoms with Crippen molar-refractivity contribution in [3.05, 3.63) is 58.9 Å². The van der Waals surface area contributed by atoms with Crippen LogP contribution in [-0.4, -0.2) is 0 Å². The number of hydrogen-bond donors (Lipinski definition) is 0. The molecular formula is C12H6ClF3. The zero-order valence-corrected chi connectivity index (χ0v) is 8.73. The average Bonchev–Trinajstić information content (AvgIpc) is 2.32. The van der Waals surface area contributed by atoms with Crippen molar-refractivity contribution in [1.82, 2.24) is 0 Å². The highest BCUT2D eigenvalue weighted by Gasteiger charge is 2.17. The molecule has 82 valence electrons. The molecule has 16 heavy (non-hydrogen) atoms. The molecule has 0 aliphatic rings. The summed E-state index contributed by atoms with van der Waals surface area (Å²) in [6.45, 7) is 0. The van der Waals surface area contributed by atoms with Gasteiger partial charge in [-0.3, -0.25) is 0 Å².